The standard InChI is InChI=1S/C15H22N6O5S.C7H8O3S.H2O4S/c1-27-3-2-7(15(24)25)17-4-8-10(22)11(23)14(26-8)21-6-20-9-12(16)18-5-19-13(9)21;1-6-2-4-7(5-3-6)11(8,9)10;1-5(2,3)4/h5-8,10-11,14,17,22-23H,2-4H2,1H3,(H,24,25)(H2,16,18,19);2-5H,1H3,(H,8,9,10);(H2,1,2,3,4)/t7?,8-,10-,11-,14-;;/m1../s1. The molecule has 0 bridgehead atoms. The van der Waals surface area contributed by atoms with Crippen molar-refractivity contribution in [3.05, 3.63) is 42.5 Å². The Morgan fingerprint density at radius 1 is 1.09 bits per heavy atom. The van der Waals surface area contributed by atoms with Gasteiger partial charge in [-0.25, -0.2) is 15.0 Å². The fourth-order valence-corrected chi connectivity index (χ4v) is 4.65. The maximum Gasteiger partial charge on any atom is 0.394 e. The fourth-order valence-electron chi connectivity index (χ4n) is 3.70. The SMILES string of the molecule is CSCCC(NC[C@H]1O[C@@H](n2cnc3c(N)ncnc32)[C@H](O)[C@@H]1O)C(=O)O.Cc1ccc(S(=O)(=O)O)cc1.O=S(=O)(O)O. The van der Waals surface area contributed by atoms with Crippen LogP contribution in [0.5, 0.6) is 0 Å². The lowest BCUT2D eigenvalue weighted by molar-refractivity contribution is -0.139. The Bertz CT molecular complexity index is 1560. The van der Waals surface area contributed by atoms with E-state index in [1.807, 2.05) is 13.2 Å². The number of fused-ring (bicyclic) bond motifs is 1. The molecule has 3 aromatic rings. The van der Waals surface area contributed by atoms with E-state index in [-0.39, 0.29) is 17.3 Å². The quantitative estimate of drug-likeness (QED) is 0.132. The second kappa shape index (κ2) is 15.7. The molecule has 18 nitrogen and oxygen atoms in total. The lowest BCUT2D eigenvalue weighted by Crippen LogP contribution is -2.44. The average molecular weight is 669 g/mol. The summed E-state index contributed by atoms with van der Waals surface area (Å²) in [7, 11) is -8.69. The van der Waals surface area contributed by atoms with Gasteiger partial charge in [0.15, 0.2) is 17.7 Å². The highest BCUT2D eigenvalue weighted by atomic mass is 32.3. The van der Waals surface area contributed by atoms with E-state index in [0.717, 1.165) is 5.56 Å². The molecule has 1 aliphatic rings. The van der Waals surface area contributed by atoms with Crippen LogP contribution in [0.15, 0.2) is 41.8 Å². The summed E-state index contributed by atoms with van der Waals surface area (Å²) in [6, 6.07) is 5.23. The van der Waals surface area contributed by atoms with Crippen molar-refractivity contribution >= 4 is 55.2 Å². The van der Waals surface area contributed by atoms with Gasteiger partial charge in [-0.1, -0.05) is 17.7 Å². The molecule has 1 saturated heterocycles. The largest absolute Gasteiger partial charge is 0.480 e. The average Bonchev–Trinajstić information content (AvgIpc) is 3.45. The van der Waals surface area contributed by atoms with Crippen LogP contribution in [0.3, 0.4) is 0 Å². The summed E-state index contributed by atoms with van der Waals surface area (Å²) in [6.07, 6.45) is 0.858. The van der Waals surface area contributed by atoms with E-state index in [2.05, 4.69) is 20.3 Å². The van der Waals surface area contributed by atoms with E-state index in [1.54, 1.807) is 23.9 Å². The number of rotatable bonds is 9. The van der Waals surface area contributed by atoms with Gasteiger partial charge in [0.05, 0.1) is 11.2 Å². The van der Waals surface area contributed by atoms with Gasteiger partial charge in [0.25, 0.3) is 10.1 Å². The highest BCUT2D eigenvalue weighted by Crippen LogP contribution is 2.31. The summed E-state index contributed by atoms with van der Waals surface area (Å²) >= 11 is 1.55. The predicted octanol–water partition coefficient (Wildman–Crippen LogP) is -0.587. The molecule has 0 aliphatic carbocycles. The molecule has 2 aromatic heterocycles. The first-order chi connectivity index (χ1) is 19.9. The van der Waals surface area contributed by atoms with Crippen LogP contribution in [0.2, 0.25) is 0 Å². The van der Waals surface area contributed by atoms with Gasteiger partial charge < -0.3 is 31.1 Å². The number of nitrogens with two attached hydrogens (primary N) is 1. The molecule has 1 aliphatic heterocycles. The Kier molecular flexibility index (Phi) is 13.2. The lowest BCUT2D eigenvalue weighted by Gasteiger charge is -2.19. The first kappa shape index (κ1) is 36.2. The predicted molar refractivity (Wildman–Crippen MR) is 153 cm³/mol. The van der Waals surface area contributed by atoms with E-state index < -0.39 is 57.1 Å². The van der Waals surface area contributed by atoms with E-state index in [0.29, 0.717) is 23.3 Å². The van der Waals surface area contributed by atoms with E-state index in [9.17, 15) is 28.5 Å². The molecule has 4 rings (SSSR count). The van der Waals surface area contributed by atoms with Crippen LogP contribution < -0.4 is 11.1 Å². The highest BCUT2D eigenvalue weighted by Gasteiger charge is 2.44. The fraction of sp³-hybridized carbons (Fsp3) is 0.455. The molecule has 240 valence electrons. The Morgan fingerprint density at radius 2 is 1.70 bits per heavy atom. The van der Waals surface area contributed by atoms with Crippen molar-refractivity contribution in [2.45, 2.75) is 48.8 Å². The number of aliphatic hydroxyl groups excluding tert-OH is 2. The number of anilines is 1. The molecular formula is C22H32N6O12S3. The number of aliphatic carboxylic acids is 1. The van der Waals surface area contributed by atoms with Crippen LogP contribution in [-0.4, -0.2) is 114 Å². The minimum absolute atomic E-state index is 0.0666. The van der Waals surface area contributed by atoms with Crippen molar-refractivity contribution in [2.75, 3.05) is 24.3 Å². The molecule has 3 heterocycles. The molecule has 1 unspecified atom stereocenters. The number of nitrogens with zero attached hydrogens (tertiary/aromatic N) is 4. The smallest absolute Gasteiger partial charge is 0.394 e. The van der Waals surface area contributed by atoms with E-state index in [1.165, 1.54) is 29.4 Å². The summed E-state index contributed by atoms with van der Waals surface area (Å²) in [6.45, 7) is 1.91. The molecule has 5 atom stereocenters. The number of nitrogens with one attached hydrogen (secondary N) is 1. The number of carboxylic acids is 1. The molecule has 1 aromatic carbocycles. The molecule has 9 N–H and O–H groups in total. The number of aryl methyl sites for hydroxylation is 1. The van der Waals surface area contributed by atoms with Gasteiger partial charge >= 0.3 is 16.4 Å². The second-order valence-corrected chi connectivity index (χ2v) is 12.2. The van der Waals surface area contributed by atoms with Crippen molar-refractivity contribution in [1.82, 2.24) is 24.8 Å². The Hall–Kier alpha value is -2.99. The van der Waals surface area contributed by atoms with Crippen LogP contribution in [0.25, 0.3) is 11.2 Å². The molecule has 43 heavy (non-hydrogen) atoms. The maximum absolute atomic E-state index is 11.3. The van der Waals surface area contributed by atoms with Crippen molar-refractivity contribution in [2.24, 2.45) is 0 Å². The number of nitrogen functional groups attached to an aromatic ring is 1. The van der Waals surface area contributed by atoms with Crippen LogP contribution in [-0.2, 0) is 30.0 Å². The van der Waals surface area contributed by atoms with Gasteiger partial charge in [-0.2, -0.15) is 28.6 Å². The van der Waals surface area contributed by atoms with Crippen molar-refractivity contribution in [1.29, 1.82) is 0 Å². The summed E-state index contributed by atoms with van der Waals surface area (Å²) < 4.78 is 68.4. The molecule has 0 spiro atoms. The monoisotopic (exact) mass is 668 g/mol. The molecule has 1 fully saturated rings. The number of imidazole rings is 1. The Labute approximate surface area is 250 Å². The zero-order chi connectivity index (χ0) is 32.5. The molecule has 0 saturated carbocycles. The van der Waals surface area contributed by atoms with Gasteiger partial charge in [-0.15, -0.1) is 0 Å². The van der Waals surface area contributed by atoms with Crippen LogP contribution in [0, 0.1) is 6.92 Å². The van der Waals surface area contributed by atoms with Crippen molar-refractivity contribution in [3.8, 4) is 0 Å². The topological polar surface area (TPSA) is 298 Å². The van der Waals surface area contributed by atoms with E-state index >= 15 is 0 Å². The third-order valence-corrected chi connectivity index (χ3v) is 7.30. The number of carboxylic acid groups (broad SMARTS) is 1. The van der Waals surface area contributed by atoms with E-state index in [4.69, 9.17) is 32.5 Å². The van der Waals surface area contributed by atoms with Gasteiger partial charge in [0.2, 0.25) is 0 Å². The van der Waals surface area contributed by atoms with Gasteiger partial charge in [-0.05, 0) is 37.5 Å². The third-order valence-electron chi connectivity index (χ3n) is 5.79. The summed E-state index contributed by atoms with van der Waals surface area (Å²) in [4.78, 5) is 23.3. The minimum atomic E-state index is -4.67. The number of thioether (sulfide) groups is 1. The number of hydrogen-bond acceptors (Lipinski definition) is 14. The number of hydrogen-bond donors (Lipinski definition) is 8. The summed E-state index contributed by atoms with van der Waals surface area (Å²) in [5.74, 6) is -0.0876. The first-order valence-corrected chi connectivity index (χ1v) is 16.3. The molecule has 0 amide bonds. The summed E-state index contributed by atoms with van der Waals surface area (Å²) in [5, 5.41) is 32.9. The van der Waals surface area contributed by atoms with Gasteiger partial charge in [0, 0.05) is 6.54 Å². The lowest BCUT2D eigenvalue weighted by atomic mass is 10.1. The Morgan fingerprint density at radius 3 is 2.23 bits per heavy atom. The number of benzene rings is 1. The van der Waals surface area contributed by atoms with Crippen molar-refractivity contribution < 1.29 is 55.3 Å². The van der Waals surface area contributed by atoms with Crippen molar-refractivity contribution in [3.63, 3.8) is 0 Å². The second-order valence-electron chi connectivity index (χ2n) is 8.95. The molecular weight excluding hydrogens is 636 g/mol. The maximum atomic E-state index is 11.3. The number of ether oxygens (including phenoxy) is 1. The molecule has 0 radical (unpaired) electrons. The molecule has 21 heteroatoms. The first-order valence-electron chi connectivity index (χ1n) is 12.1. The normalized spacial score (nSPS) is 20.9. The number of carbonyl (C=O) groups is 1. The van der Waals surface area contributed by atoms with Gasteiger partial charge in [-0.3, -0.25) is 23.0 Å². The van der Waals surface area contributed by atoms with Crippen LogP contribution in [0.4, 0.5) is 5.82 Å². The zero-order valence-electron chi connectivity index (χ0n) is 22.7. The van der Waals surface area contributed by atoms with Gasteiger partial charge in [0.1, 0.15) is 36.2 Å². The third kappa shape index (κ3) is 11.2. The number of aliphatic hydroxyl groups is 2. The highest BCUT2D eigenvalue weighted by molar-refractivity contribution is 7.98. The van der Waals surface area contributed by atoms with Crippen LogP contribution in [0.1, 0.15) is 18.2 Å². The minimum Gasteiger partial charge on any atom is -0.480 e. The van der Waals surface area contributed by atoms with Crippen LogP contribution >= 0.6 is 11.8 Å². The number of aromatic nitrogens is 4. The summed E-state index contributed by atoms with van der Waals surface area (Å²) in [5.41, 5.74) is 7.45. The zero-order valence-corrected chi connectivity index (χ0v) is 25.1. The Balaban J connectivity index is 0.000000332.